The molecule has 0 heterocycles. The van der Waals surface area contributed by atoms with E-state index in [1.807, 2.05) is 18.2 Å². The summed E-state index contributed by atoms with van der Waals surface area (Å²) in [6, 6.07) is 5.54. The summed E-state index contributed by atoms with van der Waals surface area (Å²) < 4.78 is 6.12. The number of aliphatic carboxylic acids is 1. The van der Waals surface area contributed by atoms with Gasteiger partial charge in [-0.25, -0.2) is 0 Å². The summed E-state index contributed by atoms with van der Waals surface area (Å²) in [4.78, 5) is 22.9. The van der Waals surface area contributed by atoms with Crippen LogP contribution in [0.3, 0.4) is 0 Å². The average molecular weight is 342 g/mol. The minimum absolute atomic E-state index is 0.203. The number of methoxy groups -OCH3 is 1. The van der Waals surface area contributed by atoms with Gasteiger partial charge in [0.2, 0.25) is 5.91 Å². The summed E-state index contributed by atoms with van der Waals surface area (Å²) in [6.07, 6.45) is 1.21. The van der Waals surface area contributed by atoms with E-state index in [2.05, 4.69) is 21.2 Å². The maximum absolute atomic E-state index is 12.0. The van der Waals surface area contributed by atoms with Crippen molar-refractivity contribution in [2.45, 2.75) is 19.4 Å². The standard InChI is InChI=1S/C14H16BrNO4/c1-20-12-5-2-9(15)6-8(12)7-16-13(17)10-3-4-11(10)14(18)19/h2,5-6,10-11H,3-4,7H2,1H3,(H,16,17)(H,18,19). The molecule has 5 nitrogen and oxygen atoms in total. The first kappa shape index (κ1) is 14.8. The van der Waals surface area contributed by atoms with E-state index in [-0.39, 0.29) is 5.91 Å². The highest BCUT2D eigenvalue weighted by Crippen LogP contribution is 2.34. The summed E-state index contributed by atoms with van der Waals surface area (Å²) in [5.41, 5.74) is 0.849. The van der Waals surface area contributed by atoms with Crippen molar-refractivity contribution in [2.24, 2.45) is 11.8 Å². The smallest absolute Gasteiger partial charge is 0.307 e. The predicted octanol–water partition coefficient (Wildman–Crippen LogP) is 2.18. The zero-order chi connectivity index (χ0) is 14.7. The van der Waals surface area contributed by atoms with Crippen LogP contribution in [0.4, 0.5) is 0 Å². The zero-order valence-corrected chi connectivity index (χ0v) is 12.6. The maximum Gasteiger partial charge on any atom is 0.307 e. The Morgan fingerprint density at radius 2 is 2.10 bits per heavy atom. The number of rotatable bonds is 5. The molecule has 0 aliphatic heterocycles. The zero-order valence-electron chi connectivity index (χ0n) is 11.1. The minimum Gasteiger partial charge on any atom is -0.496 e. The Bertz CT molecular complexity index is 532. The van der Waals surface area contributed by atoms with Gasteiger partial charge < -0.3 is 15.2 Å². The molecule has 1 amide bonds. The second-order valence-corrected chi connectivity index (χ2v) is 5.72. The molecule has 1 saturated carbocycles. The van der Waals surface area contributed by atoms with Crippen LogP contribution in [0.15, 0.2) is 22.7 Å². The number of nitrogens with one attached hydrogen (secondary N) is 1. The SMILES string of the molecule is COc1ccc(Br)cc1CNC(=O)C1CCC1C(=O)O. The van der Waals surface area contributed by atoms with Gasteiger partial charge in [-0.1, -0.05) is 15.9 Å². The van der Waals surface area contributed by atoms with Gasteiger partial charge in [0.15, 0.2) is 0 Å². The van der Waals surface area contributed by atoms with Crippen LogP contribution in [0.25, 0.3) is 0 Å². The van der Waals surface area contributed by atoms with Crippen molar-refractivity contribution < 1.29 is 19.4 Å². The molecular formula is C14H16BrNO4. The number of hydrogen-bond donors (Lipinski definition) is 2. The summed E-state index contributed by atoms with van der Waals surface area (Å²) >= 11 is 3.37. The Labute approximate surface area is 125 Å². The van der Waals surface area contributed by atoms with Crippen LogP contribution in [-0.4, -0.2) is 24.1 Å². The Kier molecular flexibility index (Phi) is 4.65. The summed E-state index contributed by atoms with van der Waals surface area (Å²) in [6.45, 7) is 0.324. The number of ether oxygens (including phenoxy) is 1. The monoisotopic (exact) mass is 341 g/mol. The molecule has 0 radical (unpaired) electrons. The molecule has 1 fully saturated rings. The fraction of sp³-hybridized carbons (Fsp3) is 0.429. The Morgan fingerprint density at radius 1 is 1.40 bits per heavy atom. The lowest BCUT2D eigenvalue weighted by Crippen LogP contribution is -2.43. The van der Waals surface area contributed by atoms with E-state index in [0.717, 1.165) is 10.0 Å². The van der Waals surface area contributed by atoms with Gasteiger partial charge in [0.1, 0.15) is 5.75 Å². The van der Waals surface area contributed by atoms with Crippen LogP contribution in [0, 0.1) is 11.8 Å². The highest BCUT2D eigenvalue weighted by Gasteiger charge is 2.41. The maximum atomic E-state index is 12.0. The number of hydrogen-bond acceptors (Lipinski definition) is 3. The number of benzene rings is 1. The number of carbonyl (C=O) groups excluding carboxylic acids is 1. The van der Waals surface area contributed by atoms with Crippen molar-refractivity contribution in [1.29, 1.82) is 0 Å². The van der Waals surface area contributed by atoms with E-state index in [4.69, 9.17) is 9.84 Å². The predicted molar refractivity (Wildman–Crippen MR) is 76.4 cm³/mol. The normalized spacial score (nSPS) is 20.9. The van der Waals surface area contributed by atoms with Crippen LogP contribution in [0.2, 0.25) is 0 Å². The number of carbonyl (C=O) groups is 2. The molecule has 108 valence electrons. The van der Waals surface area contributed by atoms with Crippen molar-refractivity contribution in [1.82, 2.24) is 5.32 Å². The molecule has 2 rings (SSSR count). The van der Waals surface area contributed by atoms with E-state index in [9.17, 15) is 9.59 Å². The molecule has 0 spiro atoms. The van der Waals surface area contributed by atoms with Gasteiger partial charge in [-0.3, -0.25) is 9.59 Å². The molecule has 2 unspecified atom stereocenters. The van der Waals surface area contributed by atoms with Crippen molar-refractivity contribution in [3.63, 3.8) is 0 Å². The highest BCUT2D eigenvalue weighted by atomic mass is 79.9. The first-order valence-electron chi connectivity index (χ1n) is 6.36. The summed E-state index contributed by atoms with van der Waals surface area (Å²) in [5.74, 6) is -1.36. The molecule has 20 heavy (non-hydrogen) atoms. The Morgan fingerprint density at radius 3 is 2.65 bits per heavy atom. The lowest BCUT2D eigenvalue weighted by Gasteiger charge is -2.32. The molecule has 1 aromatic carbocycles. The third-order valence-electron chi connectivity index (χ3n) is 3.62. The van der Waals surface area contributed by atoms with E-state index in [1.54, 1.807) is 7.11 Å². The molecule has 2 N–H and O–H groups in total. The largest absolute Gasteiger partial charge is 0.496 e. The second-order valence-electron chi connectivity index (χ2n) is 4.80. The van der Waals surface area contributed by atoms with Gasteiger partial charge in [0, 0.05) is 16.6 Å². The number of amides is 1. The number of halogens is 1. The number of carboxylic acids is 1. The topological polar surface area (TPSA) is 75.6 Å². The lowest BCUT2D eigenvalue weighted by atomic mass is 9.73. The molecule has 1 aliphatic rings. The van der Waals surface area contributed by atoms with Crippen molar-refractivity contribution in [3.8, 4) is 5.75 Å². The molecular weight excluding hydrogens is 326 g/mol. The third-order valence-corrected chi connectivity index (χ3v) is 4.12. The van der Waals surface area contributed by atoms with E-state index >= 15 is 0 Å². The highest BCUT2D eigenvalue weighted by molar-refractivity contribution is 9.10. The Hall–Kier alpha value is -1.56. The minimum atomic E-state index is -0.892. The van der Waals surface area contributed by atoms with Crippen LogP contribution in [-0.2, 0) is 16.1 Å². The number of carboxylic acid groups (broad SMARTS) is 1. The molecule has 2 atom stereocenters. The lowest BCUT2D eigenvalue weighted by molar-refractivity contribution is -0.152. The van der Waals surface area contributed by atoms with E-state index < -0.39 is 17.8 Å². The third kappa shape index (κ3) is 3.12. The molecule has 0 saturated heterocycles. The van der Waals surface area contributed by atoms with E-state index in [1.165, 1.54) is 0 Å². The summed E-state index contributed by atoms with van der Waals surface area (Å²) in [7, 11) is 1.57. The molecule has 1 aliphatic carbocycles. The van der Waals surface area contributed by atoms with Gasteiger partial charge in [0.05, 0.1) is 18.9 Å². The van der Waals surface area contributed by atoms with Gasteiger partial charge >= 0.3 is 5.97 Å². The average Bonchev–Trinajstić information content (AvgIpc) is 2.34. The van der Waals surface area contributed by atoms with Crippen molar-refractivity contribution in [2.75, 3.05) is 7.11 Å². The molecule has 6 heteroatoms. The first-order chi connectivity index (χ1) is 9.52. The summed E-state index contributed by atoms with van der Waals surface area (Å²) in [5, 5.41) is 11.7. The Balaban J connectivity index is 1.97. The van der Waals surface area contributed by atoms with Crippen molar-refractivity contribution in [3.05, 3.63) is 28.2 Å². The van der Waals surface area contributed by atoms with Gasteiger partial charge in [-0.2, -0.15) is 0 Å². The molecule has 1 aromatic rings. The first-order valence-corrected chi connectivity index (χ1v) is 7.15. The van der Waals surface area contributed by atoms with Crippen LogP contribution in [0.1, 0.15) is 18.4 Å². The van der Waals surface area contributed by atoms with Crippen LogP contribution >= 0.6 is 15.9 Å². The molecule has 0 aromatic heterocycles. The fourth-order valence-corrected chi connectivity index (χ4v) is 2.72. The second kappa shape index (κ2) is 6.26. The van der Waals surface area contributed by atoms with Gasteiger partial charge in [0.25, 0.3) is 0 Å². The fourth-order valence-electron chi connectivity index (χ4n) is 2.31. The van der Waals surface area contributed by atoms with Crippen LogP contribution < -0.4 is 10.1 Å². The quantitative estimate of drug-likeness (QED) is 0.860. The van der Waals surface area contributed by atoms with Crippen molar-refractivity contribution >= 4 is 27.8 Å². The molecule has 0 bridgehead atoms. The van der Waals surface area contributed by atoms with Crippen LogP contribution in [0.5, 0.6) is 5.75 Å². The van der Waals surface area contributed by atoms with Gasteiger partial charge in [-0.15, -0.1) is 0 Å². The van der Waals surface area contributed by atoms with Gasteiger partial charge in [-0.05, 0) is 31.0 Å². The van der Waals surface area contributed by atoms with E-state index in [0.29, 0.717) is 25.1 Å².